The second-order valence-electron chi connectivity index (χ2n) is 6.19. The van der Waals surface area contributed by atoms with Crippen molar-refractivity contribution < 1.29 is 23.9 Å². The summed E-state index contributed by atoms with van der Waals surface area (Å²) in [6.45, 7) is 0. The Morgan fingerprint density at radius 3 is 2.26 bits per heavy atom. The van der Waals surface area contributed by atoms with Crippen LogP contribution in [0.2, 0.25) is 0 Å². The van der Waals surface area contributed by atoms with Gasteiger partial charge in [0.25, 0.3) is 5.69 Å². The number of rotatable bonds is 9. The quantitative estimate of drug-likeness (QED) is 0.210. The molecular weight excluding hydrogens is 422 g/mol. The van der Waals surface area contributed by atoms with Crippen LogP contribution in [0.3, 0.4) is 0 Å². The average Bonchev–Trinajstić information content (AvgIpc) is 2.81. The molecule has 0 N–H and O–H groups in total. The molecule has 9 nitrogen and oxygen atoms in total. The van der Waals surface area contributed by atoms with Crippen LogP contribution in [-0.2, 0) is 0 Å². The van der Waals surface area contributed by atoms with E-state index in [1.165, 1.54) is 51.3 Å². The molecule has 0 aliphatic carbocycles. The SMILES string of the molecule is COc1cc(-c2ccc(SCC(=O)c3cccc([N+](=O)[O-])c3)nn2)cc(OC)c1OC. The number of methoxy groups -OCH3 is 3. The minimum Gasteiger partial charge on any atom is -0.493 e. The van der Waals surface area contributed by atoms with Crippen molar-refractivity contribution in [1.82, 2.24) is 10.2 Å². The lowest BCUT2D eigenvalue weighted by Gasteiger charge is -2.13. The first-order chi connectivity index (χ1) is 15.0. The highest BCUT2D eigenvalue weighted by Crippen LogP contribution is 2.40. The van der Waals surface area contributed by atoms with Crippen molar-refractivity contribution in [2.75, 3.05) is 27.1 Å². The van der Waals surface area contributed by atoms with Gasteiger partial charge >= 0.3 is 0 Å². The molecule has 0 atom stereocenters. The molecule has 0 unspecified atom stereocenters. The first-order valence-electron chi connectivity index (χ1n) is 9.01. The van der Waals surface area contributed by atoms with Gasteiger partial charge in [0.1, 0.15) is 5.03 Å². The molecule has 1 aromatic heterocycles. The zero-order valence-corrected chi connectivity index (χ0v) is 17.8. The number of hydrogen-bond acceptors (Lipinski definition) is 9. The topological polar surface area (TPSA) is 114 Å². The Kier molecular flexibility index (Phi) is 7.03. The van der Waals surface area contributed by atoms with Crippen molar-refractivity contribution in [2.45, 2.75) is 5.03 Å². The van der Waals surface area contributed by atoms with Gasteiger partial charge in [0.2, 0.25) is 5.75 Å². The third kappa shape index (κ3) is 5.10. The lowest BCUT2D eigenvalue weighted by atomic mass is 10.1. The van der Waals surface area contributed by atoms with E-state index in [2.05, 4.69) is 10.2 Å². The van der Waals surface area contributed by atoms with Crippen LogP contribution in [0.4, 0.5) is 5.69 Å². The van der Waals surface area contributed by atoms with Gasteiger partial charge in [-0.3, -0.25) is 14.9 Å². The van der Waals surface area contributed by atoms with Crippen LogP contribution in [0.15, 0.2) is 53.6 Å². The second kappa shape index (κ2) is 9.90. The van der Waals surface area contributed by atoms with Gasteiger partial charge in [0, 0.05) is 23.3 Å². The number of hydrogen-bond donors (Lipinski definition) is 0. The summed E-state index contributed by atoms with van der Waals surface area (Å²) in [5.41, 5.74) is 1.48. The number of ketones is 1. The van der Waals surface area contributed by atoms with Crippen molar-refractivity contribution in [2.24, 2.45) is 0 Å². The average molecular weight is 441 g/mol. The summed E-state index contributed by atoms with van der Waals surface area (Å²) >= 11 is 1.20. The molecule has 0 spiro atoms. The fraction of sp³-hybridized carbons (Fsp3) is 0.190. The number of carbonyl (C=O) groups excluding carboxylic acids is 1. The van der Waals surface area contributed by atoms with E-state index < -0.39 is 4.92 Å². The summed E-state index contributed by atoms with van der Waals surface area (Å²) in [5, 5.41) is 19.8. The number of thioether (sulfide) groups is 1. The summed E-state index contributed by atoms with van der Waals surface area (Å²) in [5.74, 6) is 1.33. The number of Topliss-reactive ketones (excluding diaryl/α,β-unsaturated/α-hetero) is 1. The van der Waals surface area contributed by atoms with Crippen LogP contribution in [0.1, 0.15) is 10.4 Å². The van der Waals surface area contributed by atoms with Crippen LogP contribution >= 0.6 is 11.8 Å². The van der Waals surface area contributed by atoms with Crippen LogP contribution in [0, 0.1) is 10.1 Å². The van der Waals surface area contributed by atoms with E-state index >= 15 is 0 Å². The molecule has 3 aromatic rings. The van der Waals surface area contributed by atoms with Crippen LogP contribution in [-0.4, -0.2) is 48.0 Å². The van der Waals surface area contributed by atoms with Gasteiger partial charge in [-0.15, -0.1) is 10.2 Å². The Morgan fingerprint density at radius 2 is 1.71 bits per heavy atom. The molecule has 1 heterocycles. The van der Waals surface area contributed by atoms with Crippen molar-refractivity contribution >= 4 is 23.2 Å². The van der Waals surface area contributed by atoms with E-state index in [0.29, 0.717) is 28.0 Å². The summed E-state index contributed by atoms with van der Waals surface area (Å²) < 4.78 is 16.0. The van der Waals surface area contributed by atoms with Gasteiger partial charge in [-0.05, 0) is 24.3 Å². The number of nitrogens with zero attached hydrogens (tertiary/aromatic N) is 3. The lowest BCUT2D eigenvalue weighted by molar-refractivity contribution is -0.384. The largest absolute Gasteiger partial charge is 0.493 e. The van der Waals surface area contributed by atoms with Gasteiger partial charge in [-0.1, -0.05) is 23.9 Å². The molecule has 0 fully saturated rings. The number of carbonyl (C=O) groups is 1. The maximum Gasteiger partial charge on any atom is 0.270 e. The van der Waals surface area contributed by atoms with Crippen molar-refractivity contribution in [3.05, 3.63) is 64.2 Å². The number of aromatic nitrogens is 2. The van der Waals surface area contributed by atoms with Crippen molar-refractivity contribution in [3.63, 3.8) is 0 Å². The van der Waals surface area contributed by atoms with Gasteiger partial charge in [-0.25, -0.2) is 0 Å². The molecule has 3 rings (SSSR count). The first-order valence-corrected chi connectivity index (χ1v) is 10.00. The molecule has 160 valence electrons. The molecule has 31 heavy (non-hydrogen) atoms. The number of benzene rings is 2. The lowest BCUT2D eigenvalue weighted by Crippen LogP contribution is -2.03. The molecule has 0 radical (unpaired) electrons. The Labute approximate surface area is 182 Å². The van der Waals surface area contributed by atoms with E-state index in [-0.39, 0.29) is 22.8 Å². The van der Waals surface area contributed by atoms with Crippen molar-refractivity contribution in [1.29, 1.82) is 0 Å². The minimum absolute atomic E-state index is 0.0827. The van der Waals surface area contributed by atoms with Gasteiger partial charge < -0.3 is 14.2 Å². The third-order valence-corrected chi connectivity index (χ3v) is 5.25. The highest BCUT2D eigenvalue weighted by Gasteiger charge is 2.16. The molecule has 0 amide bonds. The zero-order chi connectivity index (χ0) is 22.4. The fourth-order valence-electron chi connectivity index (χ4n) is 2.80. The Balaban J connectivity index is 1.73. The molecule has 10 heteroatoms. The molecular formula is C21H19N3O6S. The number of ether oxygens (including phenoxy) is 3. The minimum atomic E-state index is -0.530. The standard InChI is InChI=1S/C21H19N3O6S/c1-28-18-10-14(11-19(29-2)21(18)30-3)16-7-8-20(23-22-16)31-12-17(25)13-5-4-6-15(9-13)24(26)27/h4-11H,12H2,1-3H3. The molecule has 0 aliphatic rings. The van der Waals surface area contributed by atoms with Crippen LogP contribution < -0.4 is 14.2 Å². The fourth-order valence-corrected chi connectivity index (χ4v) is 3.50. The Hall–Kier alpha value is -3.66. The normalized spacial score (nSPS) is 10.4. The predicted octanol–water partition coefficient (Wildman–Crippen LogP) is 4.05. The smallest absolute Gasteiger partial charge is 0.270 e. The maximum atomic E-state index is 12.4. The van der Waals surface area contributed by atoms with E-state index in [9.17, 15) is 14.9 Å². The highest BCUT2D eigenvalue weighted by molar-refractivity contribution is 7.99. The third-order valence-electron chi connectivity index (χ3n) is 4.33. The zero-order valence-electron chi connectivity index (χ0n) is 17.0. The molecule has 0 bridgehead atoms. The van der Waals surface area contributed by atoms with Crippen molar-refractivity contribution in [3.8, 4) is 28.5 Å². The van der Waals surface area contributed by atoms with E-state index in [1.54, 1.807) is 30.3 Å². The maximum absolute atomic E-state index is 12.4. The van der Waals surface area contributed by atoms with Gasteiger partial charge in [-0.2, -0.15) is 0 Å². The molecule has 2 aromatic carbocycles. The first kappa shape index (κ1) is 22.0. The van der Waals surface area contributed by atoms with Gasteiger partial charge in [0.05, 0.1) is 37.7 Å². The van der Waals surface area contributed by atoms with E-state index in [4.69, 9.17) is 14.2 Å². The molecule has 0 saturated carbocycles. The van der Waals surface area contributed by atoms with Gasteiger partial charge in [0.15, 0.2) is 17.3 Å². The summed E-state index contributed by atoms with van der Waals surface area (Å²) in [6.07, 6.45) is 0. The van der Waals surface area contributed by atoms with Crippen LogP contribution in [0.5, 0.6) is 17.2 Å². The monoisotopic (exact) mass is 441 g/mol. The number of nitro benzene ring substituents is 1. The van der Waals surface area contributed by atoms with Crippen LogP contribution in [0.25, 0.3) is 11.3 Å². The number of non-ortho nitro benzene ring substituents is 1. The Bertz CT molecular complexity index is 1080. The number of nitro groups is 1. The summed E-state index contributed by atoms with van der Waals surface area (Å²) in [7, 11) is 4.59. The molecule has 0 saturated heterocycles. The van der Waals surface area contributed by atoms with E-state index in [1.807, 2.05) is 0 Å². The Morgan fingerprint density at radius 1 is 1.00 bits per heavy atom. The summed E-state index contributed by atoms with van der Waals surface area (Å²) in [4.78, 5) is 22.7. The summed E-state index contributed by atoms with van der Waals surface area (Å²) in [6, 6.07) is 12.7. The second-order valence-corrected chi connectivity index (χ2v) is 7.19. The van der Waals surface area contributed by atoms with E-state index in [0.717, 1.165) is 5.56 Å². The highest BCUT2D eigenvalue weighted by atomic mass is 32.2. The molecule has 0 aliphatic heterocycles. The predicted molar refractivity (Wildman–Crippen MR) is 115 cm³/mol.